The summed E-state index contributed by atoms with van der Waals surface area (Å²) in [6.07, 6.45) is 2.82. The van der Waals surface area contributed by atoms with Crippen molar-refractivity contribution < 1.29 is 19.4 Å². The Hall–Kier alpha value is -2.74. The molecular weight excluding hydrogens is 324 g/mol. The minimum absolute atomic E-state index is 0.0361. The third kappa shape index (κ3) is 4.42. The van der Waals surface area contributed by atoms with E-state index in [0.29, 0.717) is 19.8 Å². The Bertz CT molecular complexity index is 725. The Morgan fingerprint density at radius 2 is 2.12 bits per heavy atom. The van der Waals surface area contributed by atoms with Crippen LogP contribution in [0.3, 0.4) is 0 Å². The topological polar surface area (TPSA) is 97.5 Å². The van der Waals surface area contributed by atoms with Gasteiger partial charge in [0.05, 0.1) is 18.8 Å². The zero-order valence-corrected chi connectivity index (χ0v) is 13.7. The molecule has 8 heteroatoms. The van der Waals surface area contributed by atoms with Crippen LogP contribution in [-0.2, 0) is 22.5 Å². The Labute approximate surface area is 145 Å². The summed E-state index contributed by atoms with van der Waals surface area (Å²) in [5.41, 5.74) is 0.987. The number of rotatable bonds is 7. The normalized spacial score (nSPS) is 16.7. The molecule has 1 aliphatic heterocycles. The molecule has 1 aromatic heterocycles. The highest BCUT2D eigenvalue weighted by molar-refractivity contribution is 5.84. The lowest BCUT2D eigenvalue weighted by atomic mass is 10.1. The maximum absolute atomic E-state index is 12.7. The molecule has 2 heterocycles. The second kappa shape index (κ2) is 7.89. The molecule has 1 aliphatic rings. The fraction of sp³-hybridized carbons (Fsp3) is 0.412. The fourth-order valence-corrected chi connectivity index (χ4v) is 2.88. The van der Waals surface area contributed by atoms with E-state index in [1.807, 2.05) is 35.2 Å². The highest BCUT2D eigenvalue weighted by Gasteiger charge is 2.27. The molecule has 2 aromatic rings. The summed E-state index contributed by atoms with van der Waals surface area (Å²) in [5, 5.41) is 16.1. The monoisotopic (exact) mass is 344 g/mol. The summed E-state index contributed by atoms with van der Waals surface area (Å²) >= 11 is 0. The van der Waals surface area contributed by atoms with Crippen molar-refractivity contribution >= 4 is 11.9 Å². The number of amides is 1. The molecule has 3 rings (SSSR count). The summed E-state index contributed by atoms with van der Waals surface area (Å²) in [4.78, 5) is 25.4. The van der Waals surface area contributed by atoms with Crippen molar-refractivity contribution in [1.29, 1.82) is 0 Å². The van der Waals surface area contributed by atoms with Gasteiger partial charge in [-0.15, -0.1) is 5.10 Å². The van der Waals surface area contributed by atoms with Crippen LogP contribution >= 0.6 is 0 Å². The summed E-state index contributed by atoms with van der Waals surface area (Å²) in [5.74, 6) is -1.28. The number of benzene rings is 1. The molecule has 0 bridgehead atoms. The van der Waals surface area contributed by atoms with Gasteiger partial charge in [-0.3, -0.25) is 4.79 Å². The summed E-state index contributed by atoms with van der Waals surface area (Å²) < 4.78 is 6.68. The number of carboxylic acids is 1. The summed E-state index contributed by atoms with van der Waals surface area (Å²) in [6, 6.07) is 10.0. The van der Waals surface area contributed by atoms with Crippen molar-refractivity contribution in [2.24, 2.45) is 0 Å². The van der Waals surface area contributed by atoms with Crippen molar-refractivity contribution in [1.82, 2.24) is 19.9 Å². The molecule has 132 valence electrons. The first-order valence-corrected chi connectivity index (χ1v) is 8.18. The molecule has 1 saturated heterocycles. The molecule has 0 aliphatic carbocycles. The van der Waals surface area contributed by atoms with Crippen molar-refractivity contribution in [2.75, 3.05) is 19.8 Å². The summed E-state index contributed by atoms with van der Waals surface area (Å²) in [6.45, 7) is 1.72. The third-order valence-electron chi connectivity index (χ3n) is 4.21. The molecule has 0 saturated carbocycles. The van der Waals surface area contributed by atoms with Crippen molar-refractivity contribution in [3.05, 3.63) is 47.8 Å². The third-order valence-corrected chi connectivity index (χ3v) is 4.21. The number of aromatic carboxylic acids is 1. The number of carbonyl (C=O) groups excluding carboxylic acids is 1. The zero-order chi connectivity index (χ0) is 17.6. The van der Waals surface area contributed by atoms with Crippen LogP contribution in [0.15, 0.2) is 36.5 Å². The number of nitrogens with zero attached hydrogens (tertiary/aromatic N) is 4. The van der Waals surface area contributed by atoms with Gasteiger partial charge in [0, 0.05) is 13.2 Å². The van der Waals surface area contributed by atoms with E-state index in [1.165, 1.54) is 10.9 Å². The number of carboxylic acid groups (broad SMARTS) is 1. The van der Waals surface area contributed by atoms with Gasteiger partial charge in [-0.05, 0) is 18.4 Å². The van der Waals surface area contributed by atoms with E-state index in [2.05, 4.69) is 10.3 Å². The minimum Gasteiger partial charge on any atom is -0.476 e. The minimum atomic E-state index is -1.16. The molecule has 25 heavy (non-hydrogen) atoms. The van der Waals surface area contributed by atoms with E-state index in [9.17, 15) is 9.59 Å². The number of aromatic nitrogens is 3. The lowest BCUT2D eigenvalue weighted by molar-refractivity contribution is -0.134. The first-order valence-electron chi connectivity index (χ1n) is 8.18. The van der Waals surface area contributed by atoms with Crippen LogP contribution in [0.1, 0.15) is 22.5 Å². The fourth-order valence-electron chi connectivity index (χ4n) is 2.88. The number of hydrogen-bond donors (Lipinski definition) is 1. The Kier molecular flexibility index (Phi) is 5.39. The van der Waals surface area contributed by atoms with Crippen molar-refractivity contribution in [3.63, 3.8) is 0 Å². The molecular formula is C17H20N4O4. The highest BCUT2D eigenvalue weighted by atomic mass is 16.5. The maximum atomic E-state index is 12.7. The second-order valence-electron chi connectivity index (χ2n) is 5.95. The molecule has 0 spiro atoms. The largest absolute Gasteiger partial charge is 0.476 e. The molecule has 8 nitrogen and oxygen atoms in total. The van der Waals surface area contributed by atoms with E-state index in [4.69, 9.17) is 9.84 Å². The first-order chi connectivity index (χ1) is 12.1. The predicted molar refractivity (Wildman–Crippen MR) is 88.1 cm³/mol. The lowest BCUT2D eigenvalue weighted by Gasteiger charge is -2.28. The van der Waals surface area contributed by atoms with Crippen LogP contribution in [0, 0.1) is 0 Å². The predicted octanol–water partition coefficient (Wildman–Crippen LogP) is 0.836. The molecule has 1 aromatic carbocycles. The number of ether oxygens (including phenoxy) is 1. The summed E-state index contributed by atoms with van der Waals surface area (Å²) in [7, 11) is 0. The standard InChI is InChI=1S/C17H20N4O4/c22-16(11-20-10-15(17(23)24)18-19-20)21(14-7-9-25-12-14)8-6-13-4-2-1-3-5-13/h1-5,10,14H,6-9,11-12H2,(H,23,24). The van der Waals surface area contributed by atoms with Crippen LogP contribution < -0.4 is 0 Å². The van der Waals surface area contributed by atoms with Gasteiger partial charge in [0.15, 0.2) is 5.69 Å². The van der Waals surface area contributed by atoms with Crippen LogP contribution in [0.5, 0.6) is 0 Å². The van der Waals surface area contributed by atoms with Crippen LogP contribution in [0.2, 0.25) is 0 Å². The van der Waals surface area contributed by atoms with Crippen molar-refractivity contribution in [3.8, 4) is 0 Å². The molecule has 1 amide bonds. The maximum Gasteiger partial charge on any atom is 0.358 e. The SMILES string of the molecule is O=C(O)c1cn(CC(=O)N(CCc2ccccc2)C2CCOC2)nn1. The van der Waals surface area contributed by atoms with Gasteiger partial charge in [-0.1, -0.05) is 35.5 Å². The van der Waals surface area contributed by atoms with Crippen LogP contribution in [0.25, 0.3) is 0 Å². The van der Waals surface area contributed by atoms with Crippen LogP contribution in [0.4, 0.5) is 0 Å². The quantitative estimate of drug-likeness (QED) is 0.799. The van der Waals surface area contributed by atoms with E-state index in [0.717, 1.165) is 18.4 Å². The molecule has 1 atom stereocenters. The Morgan fingerprint density at radius 3 is 2.76 bits per heavy atom. The van der Waals surface area contributed by atoms with E-state index in [-0.39, 0.29) is 24.2 Å². The molecule has 1 unspecified atom stereocenters. The van der Waals surface area contributed by atoms with Gasteiger partial charge in [0.25, 0.3) is 0 Å². The van der Waals surface area contributed by atoms with Gasteiger partial charge in [0.1, 0.15) is 6.54 Å². The Morgan fingerprint density at radius 1 is 1.32 bits per heavy atom. The van der Waals surface area contributed by atoms with Gasteiger partial charge >= 0.3 is 5.97 Å². The molecule has 1 fully saturated rings. The van der Waals surface area contributed by atoms with Gasteiger partial charge < -0.3 is 14.7 Å². The smallest absolute Gasteiger partial charge is 0.358 e. The van der Waals surface area contributed by atoms with E-state index >= 15 is 0 Å². The number of carbonyl (C=O) groups is 2. The zero-order valence-electron chi connectivity index (χ0n) is 13.7. The number of hydrogen-bond acceptors (Lipinski definition) is 5. The first kappa shape index (κ1) is 17.1. The molecule has 1 N–H and O–H groups in total. The van der Waals surface area contributed by atoms with Gasteiger partial charge in [-0.25, -0.2) is 9.48 Å². The lowest BCUT2D eigenvalue weighted by Crippen LogP contribution is -2.43. The average Bonchev–Trinajstić information content (AvgIpc) is 3.28. The van der Waals surface area contributed by atoms with Crippen molar-refractivity contribution in [2.45, 2.75) is 25.4 Å². The molecule has 0 radical (unpaired) electrons. The average molecular weight is 344 g/mol. The van der Waals surface area contributed by atoms with Crippen LogP contribution in [-0.4, -0.2) is 62.7 Å². The highest BCUT2D eigenvalue weighted by Crippen LogP contribution is 2.14. The van der Waals surface area contributed by atoms with Gasteiger partial charge in [0.2, 0.25) is 5.91 Å². The van der Waals surface area contributed by atoms with Gasteiger partial charge in [-0.2, -0.15) is 0 Å². The van der Waals surface area contributed by atoms with E-state index in [1.54, 1.807) is 0 Å². The Balaban J connectivity index is 1.66. The van der Waals surface area contributed by atoms with E-state index < -0.39 is 5.97 Å². The second-order valence-corrected chi connectivity index (χ2v) is 5.95.